The average Bonchev–Trinajstić information content (AvgIpc) is 3.46. The van der Waals surface area contributed by atoms with Gasteiger partial charge in [-0.15, -0.1) is 0 Å². The molecule has 452 valence electrons. The van der Waals surface area contributed by atoms with Gasteiger partial charge in [0.25, 0.3) is 0 Å². The second kappa shape index (κ2) is 66.8. The predicted molar refractivity (Wildman–Crippen MR) is 348 cm³/mol. The molecule has 0 saturated heterocycles. The van der Waals surface area contributed by atoms with Crippen molar-refractivity contribution in [1.82, 2.24) is 0 Å². The fraction of sp³-hybridized carbons (Fsp3) is 0.635. The Balaban J connectivity index is 4.32. The number of carbonyl (C=O) groups excluding carboxylic acids is 3. The summed E-state index contributed by atoms with van der Waals surface area (Å²) in [4.78, 5) is 38.2. The van der Waals surface area contributed by atoms with Gasteiger partial charge < -0.3 is 14.2 Å². The standard InChI is InChI=1S/C74H120O6/c1-4-7-10-13-16-19-22-24-26-28-30-32-33-34-35-36-37-38-39-40-41-43-44-46-48-50-52-55-58-61-64-67-73(76)79-70-71(69-78-72(75)66-63-60-57-54-21-18-15-12-9-6-3)80-74(77)68-65-62-59-56-53-51-49-47-45-42-31-29-27-25-23-20-17-14-11-8-5-2/h7,10,12,15-16,19,23-26,29-32,34-35,37-38,40-41,44-47,71H,4-6,8-9,11,13-14,17-18,20-22,27-28,33,36,39,42-43,48-70H2,1-3H3/b10-7-,15-12-,19-16-,25-23-,26-24-,31-29-,32-30-,35-34-,38-37-,41-40-,46-44-,47-45-. The van der Waals surface area contributed by atoms with Crippen LogP contribution in [0.4, 0.5) is 0 Å². The molecule has 0 saturated carbocycles. The van der Waals surface area contributed by atoms with E-state index in [9.17, 15) is 14.4 Å². The lowest BCUT2D eigenvalue weighted by atomic mass is 10.1. The summed E-state index contributed by atoms with van der Waals surface area (Å²) >= 11 is 0. The largest absolute Gasteiger partial charge is 0.462 e. The van der Waals surface area contributed by atoms with Gasteiger partial charge in [0, 0.05) is 19.3 Å². The molecule has 0 bridgehead atoms. The third-order valence-electron chi connectivity index (χ3n) is 13.5. The highest BCUT2D eigenvalue weighted by molar-refractivity contribution is 5.71. The number of carbonyl (C=O) groups is 3. The summed E-state index contributed by atoms with van der Waals surface area (Å²) in [5.74, 6) is -0.936. The lowest BCUT2D eigenvalue weighted by Gasteiger charge is -2.18. The summed E-state index contributed by atoms with van der Waals surface area (Å²) in [6, 6.07) is 0. The normalized spacial score (nSPS) is 13.1. The molecule has 0 aromatic heterocycles. The molecule has 6 nitrogen and oxygen atoms in total. The first kappa shape index (κ1) is 75.3. The molecule has 0 aromatic carbocycles. The van der Waals surface area contributed by atoms with Crippen LogP contribution in [0, 0.1) is 0 Å². The molecular formula is C74H120O6. The van der Waals surface area contributed by atoms with E-state index in [1.54, 1.807) is 0 Å². The molecule has 0 spiro atoms. The second-order valence-corrected chi connectivity index (χ2v) is 21.3. The molecule has 0 aliphatic rings. The molecule has 0 rings (SSSR count). The maximum absolute atomic E-state index is 12.9. The van der Waals surface area contributed by atoms with Crippen molar-refractivity contribution >= 4 is 17.9 Å². The molecular weight excluding hydrogens is 985 g/mol. The predicted octanol–water partition coefficient (Wildman–Crippen LogP) is 22.7. The Hall–Kier alpha value is -4.71. The van der Waals surface area contributed by atoms with Crippen LogP contribution < -0.4 is 0 Å². The van der Waals surface area contributed by atoms with E-state index in [0.717, 1.165) is 167 Å². The number of hydrogen-bond donors (Lipinski definition) is 0. The maximum atomic E-state index is 12.9. The smallest absolute Gasteiger partial charge is 0.306 e. The molecule has 0 amide bonds. The van der Waals surface area contributed by atoms with Crippen molar-refractivity contribution in [3.05, 3.63) is 146 Å². The van der Waals surface area contributed by atoms with Gasteiger partial charge in [-0.2, -0.15) is 0 Å². The topological polar surface area (TPSA) is 78.9 Å². The maximum Gasteiger partial charge on any atom is 0.306 e. The van der Waals surface area contributed by atoms with Crippen molar-refractivity contribution in [1.29, 1.82) is 0 Å². The molecule has 0 radical (unpaired) electrons. The minimum absolute atomic E-state index is 0.0969. The average molecular weight is 1110 g/mol. The lowest BCUT2D eigenvalue weighted by Crippen LogP contribution is -2.30. The second-order valence-electron chi connectivity index (χ2n) is 21.3. The Morgan fingerprint density at radius 1 is 0.263 bits per heavy atom. The van der Waals surface area contributed by atoms with E-state index in [1.807, 2.05) is 0 Å². The number of allylic oxidation sites excluding steroid dienone is 24. The first-order valence-electron chi connectivity index (χ1n) is 32.8. The van der Waals surface area contributed by atoms with Gasteiger partial charge in [-0.25, -0.2) is 0 Å². The van der Waals surface area contributed by atoms with E-state index in [4.69, 9.17) is 14.2 Å². The molecule has 1 atom stereocenters. The van der Waals surface area contributed by atoms with Gasteiger partial charge in [0.1, 0.15) is 13.2 Å². The van der Waals surface area contributed by atoms with Crippen LogP contribution in [0.25, 0.3) is 0 Å². The van der Waals surface area contributed by atoms with Gasteiger partial charge in [-0.05, 0) is 141 Å². The third-order valence-corrected chi connectivity index (χ3v) is 13.5. The molecule has 0 N–H and O–H groups in total. The van der Waals surface area contributed by atoms with E-state index in [-0.39, 0.29) is 31.1 Å². The van der Waals surface area contributed by atoms with Crippen molar-refractivity contribution < 1.29 is 28.6 Å². The van der Waals surface area contributed by atoms with E-state index in [2.05, 4.69) is 167 Å². The molecule has 0 aliphatic heterocycles. The van der Waals surface area contributed by atoms with Crippen molar-refractivity contribution in [3.63, 3.8) is 0 Å². The summed E-state index contributed by atoms with van der Waals surface area (Å²) in [5.41, 5.74) is 0. The van der Waals surface area contributed by atoms with E-state index >= 15 is 0 Å². The first-order valence-corrected chi connectivity index (χ1v) is 32.8. The van der Waals surface area contributed by atoms with E-state index in [1.165, 1.54) is 77.0 Å². The molecule has 80 heavy (non-hydrogen) atoms. The van der Waals surface area contributed by atoms with Crippen molar-refractivity contribution in [2.24, 2.45) is 0 Å². The van der Waals surface area contributed by atoms with E-state index in [0.29, 0.717) is 19.3 Å². The highest BCUT2D eigenvalue weighted by atomic mass is 16.6. The monoisotopic (exact) mass is 1100 g/mol. The molecule has 0 aromatic rings. The lowest BCUT2D eigenvalue weighted by molar-refractivity contribution is -0.167. The van der Waals surface area contributed by atoms with Gasteiger partial charge in [0.15, 0.2) is 6.10 Å². The first-order chi connectivity index (χ1) is 39.5. The minimum Gasteiger partial charge on any atom is -0.462 e. The SMILES string of the molecule is CC/C=C\C/C=C\C/C=C\C/C=C\C/C=C\C/C=C\C/C=C\C/C=C\CCCCCCCCC(=O)OCC(COC(=O)CCCCCCC/C=C\CCC)OC(=O)CCCCCCCC/C=C\C/C=C\C/C=C\CCCCCCC. The Kier molecular flexibility index (Phi) is 62.9. The fourth-order valence-corrected chi connectivity index (χ4v) is 8.64. The highest BCUT2D eigenvalue weighted by Gasteiger charge is 2.19. The Morgan fingerprint density at radius 3 is 0.825 bits per heavy atom. The van der Waals surface area contributed by atoms with Crippen LogP contribution in [-0.2, 0) is 28.6 Å². The van der Waals surface area contributed by atoms with Crippen molar-refractivity contribution in [2.45, 2.75) is 290 Å². The Morgan fingerprint density at radius 2 is 0.512 bits per heavy atom. The quantitative estimate of drug-likeness (QED) is 0.0261. The van der Waals surface area contributed by atoms with Gasteiger partial charge in [0.05, 0.1) is 0 Å². The highest BCUT2D eigenvalue weighted by Crippen LogP contribution is 2.14. The van der Waals surface area contributed by atoms with Gasteiger partial charge in [-0.1, -0.05) is 269 Å². The summed E-state index contributed by atoms with van der Waals surface area (Å²) in [6.45, 7) is 6.42. The van der Waals surface area contributed by atoms with Crippen LogP contribution in [0.2, 0.25) is 0 Å². The Bertz CT molecular complexity index is 1750. The molecule has 0 aliphatic carbocycles. The minimum atomic E-state index is -0.801. The number of hydrogen-bond acceptors (Lipinski definition) is 6. The zero-order valence-electron chi connectivity index (χ0n) is 51.8. The van der Waals surface area contributed by atoms with Crippen LogP contribution in [-0.4, -0.2) is 37.2 Å². The van der Waals surface area contributed by atoms with Gasteiger partial charge >= 0.3 is 17.9 Å². The summed E-state index contributed by atoms with van der Waals surface area (Å²) < 4.78 is 16.9. The zero-order valence-corrected chi connectivity index (χ0v) is 51.8. The fourth-order valence-electron chi connectivity index (χ4n) is 8.64. The summed E-state index contributed by atoms with van der Waals surface area (Å²) in [6.07, 6.45) is 95.7. The number of unbranched alkanes of at least 4 members (excludes halogenated alkanes) is 23. The van der Waals surface area contributed by atoms with Crippen LogP contribution >= 0.6 is 0 Å². The van der Waals surface area contributed by atoms with Gasteiger partial charge in [0.2, 0.25) is 0 Å². The van der Waals surface area contributed by atoms with Crippen LogP contribution in [0.3, 0.4) is 0 Å². The van der Waals surface area contributed by atoms with Gasteiger partial charge in [-0.3, -0.25) is 14.4 Å². The summed E-state index contributed by atoms with van der Waals surface area (Å²) in [7, 11) is 0. The Labute approximate surface area is 493 Å². The number of ether oxygens (including phenoxy) is 3. The van der Waals surface area contributed by atoms with E-state index < -0.39 is 6.10 Å². The van der Waals surface area contributed by atoms with Crippen LogP contribution in [0.5, 0.6) is 0 Å². The zero-order chi connectivity index (χ0) is 57.8. The van der Waals surface area contributed by atoms with Crippen LogP contribution in [0.1, 0.15) is 284 Å². The van der Waals surface area contributed by atoms with Crippen LogP contribution in [0.15, 0.2) is 146 Å². The molecule has 0 fully saturated rings. The number of rotatable bonds is 58. The molecule has 6 heteroatoms. The summed E-state index contributed by atoms with van der Waals surface area (Å²) in [5, 5.41) is 0. The molecule has 0 heterocycles. The third kappa shape index (κ3) is 64.1. The number of esters is 3. The molecule has 1 unspecified atom stereocenters. The van der Waals surface area contributed by atoms with Crippen molar-refractivity contribution in [3.8, 4) is 0 Å². The van der Waals surface area contributed by atoms with Crippen molar-refractivity contribution in [2.75, 3.05) is 13.2 Å².